The van der Waals surface area contributed by atoms with Gasteiger partial charge in [-0.15, -0.1) is 0 Å². The SMILES string of the molecule is CNC(=O)C(=O)Nc1ccccc1C(=O)NCc1ccccc1. The first-order valence-electron chi connectivity index (χ1n) is 7.06. The van der Waals surface area contributed by atoms with Gasteiger partial charge in [-0.05, 0) is 17.7 Å². The van der Waals surface area contributed by atoms with Gasteiger partial charge in [0, 0.05) is 13.6 Å². The summed E-state index contributed by atoms with van der Waals surface area (Å²) in [5, 5.41) is 7.44. The van der Waals surface area contributed by atoms with Crippen molar-refractivity contribution in [2.45, 2.75) is 6.54 Å². The maximum absolute atomic E-state index is 12.3. The molecule has 23 heavy (non-hydrogen) atoms. The second-order valence-electron chi connectivity index (χ2n) is 4.75. The summed E-state index contributed by atoms with van der Waals surface area (Å²) in [5.74, 6) is -1.93. The number of hydrogen-bond donors (Lipinski definition) is 3. The molecule has 0 aliphatic heterocycles. The highest BCUT2D eigenvalue weighted by molar-refractivity contribution is 6.39. The Morgan fingerprint density at radius 3 is 2.22 bits per heavy atom. The lowest BCUT2D eigenvalue weighted by Crippen LogP contribution is -2.33. The molecule has 3 N–H and O–H groups in total. The molecule has 3 amide bonds. The number of carbonyl (C=O) groups excluding carboxylic acids is 3. The molecule has 6 nitrogen and oxygen atoms in total. The minimum atomic E-state index is -0.823. The molecular formula is C17H17N3O3. The first-order chi connectivity index (χ1) is 11.1. The number of carbonyl (C=O) groups is 3. The molecule has 0 fully saturated rings. The zero-order chi connectivity index (χ0) is 16.7. The van der Waals surface area contributed by atoms with Crippen molar-refractivity contribution in [3.8, 4) is 0 Å². The van der Waals surface area contributed by atoms with Gasteiger partial charge in [-0.25, -0.2) is 0 Å². The van der Waals surface area contributed by atoms with Crippen LogP contribution in [-0.2, 0) is 16.1 Å². The van der Waals surface area contributed by atoms with Gasteiger partial charge in [0.2, 0.25) is 0 Å². The van der Waals surface area contributed by atoms with Crippen LogP contribution in [0.4, 0.5) is 5.69 Å². The van der Waals surface area contributed by atoms with E-state index in [1.54, 1.807) is 24.3 Å². The van der Waals surface area contributed by atoms with Gasteiger partial charge in [-0.2, -0.15) is 0 Å². The van der Waals surface area contributed by atoms with Crippen LogP contribution in [0.5, 0.6) is 0 Å². The van der Waals surface area contributed by atoms with Crippen LogP contribution in [0.25, 0.3) is 0 Å². The third kappa shape index (κ3) is 4.41. The normalized spacial score (nSPS) is 9.78. The minimum absolute atomic E-state index is 0.284. The first-order valence-corrected chi connectivity index (χ1v) is 7.06. The lowest BCUT2D eigenvalue weighted by atomic mass is 10.1. The first kappa shape index (κ1) is 16.2. The highest BCUT2D eigenvalue weighted by Crippen LogP contribution is 2.15. The van der Waals surface area contributed by atoms with Crippen LogP contribution in [0, 0.1) is 0 Å². The van der Waals surface area contributed by atoms with E-state index in [-0.39, 0.29) is 11.6 Å². The van der Waals surface area contributed by atoms with Gasteiger partial charge in [0.25, 0.3) is 5.91 Å². The van der Waals surface area contributed by atoms with Crippen LogP contribution < -0.4 is 16.0 Å². The van der Waals surface area contributed by atoms with Crippen molar-refractivity contribution in [2.24, 2.45) is 0 Å². The fraction of sp³-hybridized carbons (Fsp3) is 0.118. The largest absolute Gasteiger partial charge is 0.351 e. The average molecular weight is 311 g/mol. The number of para-hydroxylation sites is 1. The minimum Gasteiger partial charge on any atom is -0.351 e. The molecule has 6 heteroatoms. The standard InChI is InChI=1S/C17H17N3O3/c1-18-16(22)17(23)20-14-10-6-5-9-13(14)15(21)19-11-12-7-3-2-4-8-12/h2-10H,11H2,1H3,(H,18,22)(H,19,21)(H,20,23). The van der Waals surface area contributed by atoms with E-state index in [4.69, 9.17) is 0 Å². The summed E-state index contributed by atoms with van der Waals surface area (Å²) < 4.78 is 0. The zero-order valence-electron chi connectivity index (χ0n) is 12.6. The summed E-state index contributed by atoms with van der Waals surface area (Å²) >= 11 is 0. The second-order valence-corrected chi connectivity index (χ2v) is 4.75. The third-order valence-electron chi connectivity index (χ3n) is 3.15. The Morgan fingerprint density at radius 1 is 0.870 bits per heavy atom. The molecule has 0 bridgehead atoms. The van der Waals surface area contributed by atoms with Gasteiger partial charge in [0.1, 0.15) is 0 Å². The zero-order valence-corrected chi connectivity index (χ0v) is 12.6. The Kier molecular flexibility index (Phi) is 5.46. The number of amides is 3. The van der Waals surface area contributed by atoms with E-state index in [9.17, 15) is 14.4 Å². The van der Waals surface area contributed by atoms with Crippen LogP contribution in [0.1, 0.15) is 15.9 Å². The molecule has 2 rings (SSSR count). The molecule has 0 aliphatic carbocycles. The van der Waals surface area contributed by atoms with Gasteiger partial charge < -0.3 is 16.0 Å². The van der Waals surface area contributed by atoms with Crippen molar-refractivity contribution in [3.63, 3.8) is 0 Å². The smallest absolute Gasteiger partial charge is 0.313 e. The Labute approximate surface area is 133 Å². The van der Waals surface area contributed by atoms with Crippen LogP contribution in [0.15, 0.2) is 54.6 Å². The number of hydrogen-bond acceptors (Lipinski definition) is 3. The summed E-state index contributed by atoms with van der Waals surface area (Å²) in [5.41, 5.74) is 1.54. The van der Waals surface area contributed by atoms with Gasteiger partial charge in [-0.3, -0.25) is 14.4 Å². The topological polar surface area (TPSA) is 87.3 Å². The third-order valence-corrected chi connectivity index (χ3v) is 3.15. The van der Waals surface area contributed by atoms with Crippen molar-refractivity contribution >= 4 is 23.4 Å². The van der Waals surface area contributed by atoms with Crippen molar-refractivity contribution in [3.05, 3.63) is 65.7 Å². The molecule has 118 valence electrons. The fourth-order valence-electron chi connectivity index (χ4n) is 1.96. The number of rotatable bonds is 4. The lowest BCUT2D eigenvalue weighted by molar-refractivity contribution is -0.135. The van der Waals surface area contributed by atoms with Crippen LogP contribution in [-0.4, -0.2) is 24.8 Å². The molecule has 2 aromatic rings. The highest BCUT2D eigenvalue weighted by atomic mass is 16.2. The van der Waals surface area contributed by atoms with Gasteiger partial charge in [-0.1, -0.05) is 42.5 Å². The summed E-state index contributed by atoms with van der Waals surface area (Å²) in [7, 11) is 1.36. The number of anilines is 1. The van der Waals surface area contributed by atoms with Crippen molar-refractivity contribution in [1.29, 1.82) is 0 Å². The average Bonchev–Trinajstić information content (AvgIpc) is 2.60. The molecule has 0 aliphatic rings. The number of likely N-dealkylation sites (N-methyl/N-ethyl adjacent to an activating group) is 1. The molecule has 0 saturated carbocycles. The Hall–Kier alpha value is -3.15. The van der Waals surface area contributed by atoms with Crippen molar-refractivity contribution < 1.29 is 14.4 Å². The Balaban J connectivity index is 2.08. The predicted molar refractivity (Wildman–Crippen MR) is 86.8 cm³/mol. The molecule has 0 saturated heterocycles. The number of benzene rings is 2. The monoisotopic (exact) mass is 311 g/mol. The van der Waals surface area contributed by atoms with Crippen molar-refractivity contribution in [2.75, 3.05) is 12.4 Å². The molecule has 0 unspecified atom stereocenters. The maximum atomic E-state index is 12.3. The second kappa shape index (κ2) is 7.74. The van der Waals surface area contributed by atoms with Crippen LogP contribution in [0.3, 0.4) is 0 Å². The summed E-state index contributed by atoms with van der Waals surface area (Å²) in [6, 6.07) is 16.0. The molecule has 0 aromatic heterocycles. The van der Waals surface area contributed by atoms with Crippen molar-refractivity contribution in [1.82, 2.24) is 10.6 Å². The maximum Gasteiger partial charge on any atom is 0.313 e. The van der Waals surface area contributed by atoms with E-state index in [0.29, 0.717) is 12.1 Å². The van der Waals surface area contributed by atoms with E-state index in [2.05, 4.69) is 16.0 Å². The van der Waals surface area contributed by atoms with E-state index >= 15 is 0 Å². The van der Waals surface area contributed by atoms with Gasteiger partial charge in [0.15, 0.2) is 0 Å². The molecule has 2 aromatic carbocycles. The van der Waals surface area contributed by atoms with Gasteiger partial charge >= 0.3 is 11.8 Å². The van der Waals surface area contributed by atoms with E-state index in [1.165, 1.54) is 7.05 Å². The lowest BCUT2D eigenvalue weighted by Gasteiger charge is -2.11. The number of nitrogens with one attached hydrogen (secondary N) is 3. The Bertz CT molecular complexity index is 714. The summed E-state index contributed by atoms with van der Waals surface area (Å²) in [6.07, 6.45) is 0. The van der Waals surface area contributed by atoms with E-state index in [1.807, 2.05) is 30.3 Å². The molecular weight excluding hydrogens is 294 g/mol. The van der Waals surface area contributed by atoms with Gasteiger partial charge in [0.05, 0.1) is 11.3 Å². The fourth-order valence-corrected chi connectivity index (χ4v) is 1.96. The predicted octanol–water partition coefficient (Wildman–Crippen LogP) is 1.30. The molecule has 0 heterocycles. The Morgan fingerprint density at radius 2 is 1.52 bits per heavy atom. The van der Waals surface area contributed by atoms with E-state index in [0.717, 1.165) is 5.56 Å². The molecule has 0 radical (unpaired) electrons. The quantitative estimate of drug-likeness (QED) is 0.744. The summed E-state index contributed by atoms with van der Waals surface area (Å²) in [6.45, 7) is 0.372. The van der Waals surface area contributed by atoms with E-state index < -0.39 is 11.8 Å². The highest BCUT2D eigenvalue weighted by Gasteiger charge is 2.16. The molecule has 0 spiro atoms. The summed E-state index contributed by atoms with van der Waals surface area (Å²) in [4.78, 5) is 35.2. The molecule has 0 atom stereocenters. The van der Waals surface area contributed by atoms with Crippen LogP contribution in [0.2, 0.25) is 0 Å². The van der Waals surface area contributed by atoms with Crippen LogP contribution >= 0.6 is 0 Å².